The SMILES string of the molecule is CCCC(N)C(=O)N(C)C(C)c1ccc(F)c(F)c1. The Morgan fingerprint density at radius 3 is 2.53 bits per heavy atom. The summed E-state index contributed by atoms with van der Waals surface area (Å²) < 4.78 is 26.1. The number of benzene rings is 1. The van der Waals surface area contributed by atoms with Crippen molar-refractivity contribution in [1.29, 1.82) is 0 Å². The van der Waals surface area contributed by atoms with Gasteiger partial charge in [0.25, 0.3) is 0 Å². The van der Waals surface area contributed by atoms with E-state index in [9.17, 15) is 13.6 Å². The molecule has 0 saturated carbocycles. The third-order valence-electron chi connectivity index (χ3n) is 3.27. The summed E-state index contributed by atoms with van der Waals surface area (Å²) in [5, 5.41) is 0. The molecule has 1 amide bonds. The van der Waals surface area contributed by atoms with Crippen molar-refractivity contribution in [3.05, 3.63) is 35.4 Å². The van der Waals surface area contributed by atoms with Crippen molar-refractivity contribution in [2.75, 3.05) is 7.05 Å². The summed E-state index contributed by atoms with van der Waals surface area (Å²) in [6.45, 7) is 3.70. The van der Waals surface area contributed by atoms with Gasteiger partial charge in [-0.3, -0.25) is 4.79 Å². The van der Waals surface area contributed by atoms with Gasteiger partial charge in [0.2, 0.25) is 5.91 Å². The zero-order valence-electron chi connectivity index (χ0n) is 11.5. The third kappa shape index (κ3) is 3.73. The van der Waals surface area contributed by atoms with Gasteiger partial charge in [0.1, 0.15) is 0 Å². The zero-order valence-corrected chi connectivity index (χ0v) is 11.5. The molecule has 2 atom stereocenters. The molecular formula is C14H20F2N2O. The summed E-state index contributed by atoms with van der Waals surface area (Å²) in [5.74, 6) is -2.00. The lowest BCUT2D eigenvalue weighted by molar-refractivity contribution is -0.133. The number of hydrogen-bond acceptors (Lipinski definition) is 2. The molecule has 5 heteroatoms. The van der Waals surface area contributed by atoms with E-state index in [1.54, 1.807) is 14.0 Å². The topological polar surface area (TPSA) is 46.3 Å². The molecule has 2 unspecified atom stereocenters. The Hall–Kier alpha value is -1.49. The average Bonchev–Trinajstić information content (AvgIpc) is 2.39. The molecule has 0 saturated heterocycles. The molecule has 2 N–H and O–H groups in total. The van der Waals surface area contributed by atoms with E-state index in [2.05, 4.69) is 0 Å². The highest BCUT2D eigenvalue weighted by molar-refractivity contribution is 5.81. The van der Waals surface area contributed by atoms with Crippen molar-refractivity contribution < 1.29 is 13.6 Å². The molecular weight excluding hydrogens is 250 g/mol. The summed E-state index contributed by atoms with van der Waals surface area (Å²) in [7, 11) is 1.61. The number of nitrogens with two attached hydrogens (primary N) is 1. The Balaban J connectivity index is 2.83. The molecule has 0 radical (unpaired) electrons. The Morgan fingerprint density at radius 2 is 2.00 bits per heavy atom. The molecule has 0 fully saturated rings. The standard InChI is InChI=1S/C14H20F2N2O/c1-4-5-13(17)14(19)18(3)9(2)10-6-7-11(15)12(16)8-10/h6-9,13H,4-5,17H2,1-3H3. The first kappa shape index (κ1) is 15.6. The molecule has 106 valence electrons. The summed E-state index contributed by atoms with van der Waals surface area (Å²) in [6, 6.07) is 2.73. The van der Waals surface area contributed by atoms with Crippen LogP contribution in [0.3, 0.4) is 0 Å². The summed E-state index contributed by atoms with van der Waals surface area (Å²) in [4.78, 5) is 13.5. The number of amides is 1. The van der Waals surface area contributed by atoms with Crippen LogP contribution in [0.5, 0.6) is 0 Å². The highest BCUT2D eigenvalue weighted by atomic mass is 19.2. The Labute approximate surface area is 112 Å². The van der Waals surface area contributed by atoms with E-state index in [0.29, 0.717) is 12.0 Å². The van der Waals surface area contributed by atoms with Gasteiger partial charge in [0.15, 0.2) is 11.6 Å². The van der Waals surface area contributed by atoms with Crippen molar-refractivity contribution in [2.45, 2.75) is 38.8 Å². The zero-order chi connectivity index (χ0) is 14.6. The lowest BCUT2D eigenvalue weighted by Crippen LogP contribution is -2.42. The summed E-state index contributed by atoms with van der Waals surface area (Å²) in [5.41, 5.74) is 6.31. The smallest absolute Gasteiger partial charge is 0.239 e. The normalized spacial score (nSPS) is 14.0. The monoisotopic (exact) mass is 270 g/mol. The molecule has 0 aliphatic rings. The predicted molar refractivity (Wildman–Crippen MR) is 70.4 cm³/mol. The van der Waals surface area contributed by atoms with Gasteiger partial charge in [-0.05, 0) is 31.0 Å². The van der Waals surface area contributed by atoms with Gasteiger partial charge in [0, 0.05) is 7.05 Å². The average molecular weight is 270 g/mol. The first-order chi connectivity index (χ1) is 8.88. The van der Waals surface area contributed by atoms with Crippen LogP contribution in [0.2, 0.25) is 0 Å². The van der Waals surface area contributed by atoms with E-state index in [0.717, 1.165) is 18.6 Å². The first-order valence-corrected chi connectivity index (χ1v) is 6.35. The predicted octanol–water partition coefficient (Wildman–Crippen LogP) is 2.61. The number of rotatable bonds is 5. The fraction of sp³-hybridized carbons (Fsp3) is 0.500. The number of nitrogens with zero attached hydrogens (tertiary/aromatic N) is 1. The van der Waals surface area contributed by atoms with Gasteiger partial charge in [-0.15, -0.1) is 0 Å². The number of likely N-dealkylation sites (N-methyl/N-ethyl adjacent to an activating group) is 1. The minimum atomic E-state index is -0.914. The number of carbonyl (C=O) groups excluding carboxylic acids is 1. The minimum absolute atomic E-state index is 0.195. The van der Waals surface area contributed by atoms with Crippen LogP contribution in [-0.2, 0) is 4.79 Å². The van der Waals surface area contributed by atoms with Crippen LogP contribution in [0, 0.1) is 11.6 Å². The Kier molecular flexibility index (Phi) is 5.42. The van der Waals surface area contributed by atoms with Gasteiger partial charge in [-0.2, -0.15) is 0 Å². The number of halogens is 2. The molecule has 0 aromatic heterocycles. The largest absolute Gasteiger partial charge is 0.338 e. The van der Waals surface area contributed by atoms with Crippen molar-refractivity contribution >= 4 is 5.91 Å². The van der Waals surface area contributed by atoms with Crippen LogP contribution in [0.15, 0.2) is 18.2 Å². The number of carbonyl (C=O) groups is 1. The summed E-state index contributed by atoms with van der Waals surface area (Å²) >= 11 is 0. The second-order valence-corrected chi connectivity index (χ2v) is 4.69. The molecule has 3 nitrogen and oxygen atoms in total. The van der Waals surface area contributed by atoms with E-state index in [1.807, 2.05) is 6.92 Å². The fourth-order valence-electron chi connectivity index (χ4n) is 1.88. The van der Waals surface area contributed by atoms with Gasteiger partial charge >= 0.3 is 0 Å². The molecule has 0 spiro atoms. The van der Waals surface area contributed by atoms with Gasteiger partial charge in [-0.1, -0.05) is 19.4 Å². The molecule has 0 bridgehead atoms. The van der Waals surface area contributed by atoms with Crippen LogP contribution in [0.25, 0.3) is 0 Å². The molecule has 1 aromatic rings. The highest BCUT2D eigenvalue weighted by Crippen LogP contribution is 2.21. The third-order valence-corrected chi connectivity index (χ3v) is 3.27. The molecule has 19 heavy (non-hydrogen) atoms. The minimum Gasteiger partial charge on any atom is -0.338 e. The van der Waals surface area contributed by atoms with Crippen LogP contribution < -0.4 is 5.73 Å². The van der Waals surface area contributed by atoms with Crippen LogP contribution in [-0.4, -0.2) is 23.9 Å². The Bertz CT molecular complexity index is 451. The molecule has 0 aliphatic carbocycles. The van der Waals surface area contributed by atoms with Crippen LogP contribution in [0.1, 0.15) is 38.3 Å². The van der Waals surface area contributed by atoms with Crippen molar-refractivity contribution in [2.24, 2.45) is 5.73 Å². The van der Waals surface area contributed by atoms with Crippen molar-refractivity contribution in [1.82, 2.24) is 4.90 Å². The van der Waals surface area contributed by atoms with E-state index >= 15 is 0 Å². The molecule has 1 aromatic carbocycles. The lowest BCUT2D eigenvalue weighted by Gasteiger charge is -2.28. The van der Waals surface area contributed by atoms with Crippen LogP contribution in [0.4, 0.5) is 8.78 Å². The van der Waals surface area contributed by atoms with Crippen molar-refractivity contribution in [3.8, 4) is 0 Å². The van der Waals surface area contributed by atoms with E-state index in [-0.39, 0.29) is 11.9 Å². The second-order valence-electron chi connectivity index (χ2n) is 4.69. The van der Waals surface area contributed by atoms with Gasteiger partial charge in [-0.25, -0.2) is 8.78 Å². The van der Waals surface area contributed by atoms with Crippen LogP contribution >= 0.6 is 0 Å². The Morgan fingerprint density at radius 1 is 1.37 bits per heavy atom. The van der Waals surface area contributed by atoms with Gasteiger partial charge in [0.05, 0.1) is 12.1 Å². The molecule has 0 heterocycles. The lowest BCUT2D eigenvalue weighted by atomic mass is 10.1. The van der Waals surface area contributed by atoms with E-state index < -0.39 is 17.7 Å². The van der Waals surface area contributed by atoms with Gasteiger partial charge < -0.3 is 10.6 Å². The van der Waals surface area contributed by atoms with E-state index in [4.69, 9.17) is 5.73 Å². The highest BCUT2D eigenvalue weighted by Gasteiger charge is 2.22. The van der Waals surface area contributed by atoms with E-state index in [1.165, 1.54) is 11.0 Å². The summed E-state index contributed by atoms with van der Waals surface area (Å²) in [6.07, 6.45) is 1.42. The second kappa shape index (κ2) is 6.61. The first-order valence-electron chi connectivity index (χ1n) is 6.35. The quantitative estimate of drug-likeness (QED) is 0.894. The maximum atomic E-state index is 13.2. The molecule has 0 aliphatic heterocycles. The maximum Gasteiger partial charge on any atom is 0.239 e. The number of hydrogen-bond donors (Lipinski definition) is 1. The molecule has 1 rings (SSSR count). The maximum absolute atomic E-state index is 13.2. The fourth-order valence-corrected chi connectivity index (χ4v) is 1.88. The van der Waals surface area contributed by atoms with Crippen molar-refractivity contribution in [3.63, 3.8) is 0 Å².